The molecule has 0 aliphatic heterocycles. The van der Waals surface area contributed by atoms with Crippen LogP contribution in [0.25, 0.3) is 0 Å². The summed E-state index contributed by atoms with van der Waals surface area (Å²) in [7, 11) is 0. The van der Waals surface area contributed by atoms with Crippen molar-refractivity contribution in [1.82, 2.24) is 0 Å². The molecule has 24 heavy (non-hydrogen) atoms. The van der Waals surface area contributed by atoms with Crippen molar-refractivity contribution in [3.63, 3.8) is 0 Å². The van der Waals surface area contributed by atoms with Crippen molar-refractivity contribution in [3.8, 4) is 0 Å². The van der Waals surface area contributed by atoms with Gasteiger partial charge in [-0.3, -0.25) is 0 Å². The van der Waals surface area contributed by atoms with Crippen LogP contribution < -0.4 is 0 Å². The van der Waals surface area contributed by atoms with E-state index >= 15 is 0 Å². The van der Waals surface area contributed by atoms with Gasteiger partial charge in [-0.25, -0.2) is 0 Å². The number of aliphatic hydroxyl groups is 1. The second kappa shape index (κ2) is 15.5. The van der Waals surface area contributed by atoms with E-state index in [1.807, 2.05) is 0 Å². The van der Waals surface area contributed by atoms with Gasteiger partial charge in [-0.1, -0.05) is 0 Å². The van der Waals surface area contributed by atoms with E-state index in [0.717, 1.165) is 19.3 Å². The molecule has 0 saturated carbocycles. The van der Waals surface area contributed by atoms with Crippen LogP contribution in [-0.2, 0) is 0 Å². The van der Waals surface area contributed by atoms with Crippen molar-refractivity contribution in [1.29, 1.82) is 0 Å². The summed E-state index contributed by atoms with van der Waals surface area (Å²) in [6, 6.07) is 0. The Bertz CT molecular complexity index is 324. The Balaban J connectivity index is 5.28. The summed E-state index contributed by atoms with van der Waals surface area (Å²) in [6.45, 7) is 11.3. The molecule has 2 heteroatoms. The molecular formula is C22H44OSn. The van der Waals surface area contributed by atoms with Gasteiger partial charge in [-0.05, 0) is 0 Å². The molecule has 0 saturated heterocycles. The van der Waals surface area contributed by atoms with E-state index in [1.165, 1.54) is 51.8 Å². The number of aliphatic hydroxyl groups excluding tert-OH is 1. The van der Waals surface area contributed by atoms with Crippen molar-refractivity contribution >= 4 is 18.4 Å². The van der Waals surface area contributed by atoms with E-state index in [0.29, 0.717) is 0 Å². The average Bonchev–Trinajstić information content (AvgIpc) is 2.60. The normalized spacial score (nSPS) is 14.5. The van der Waals surface area contributed by atoms with Crippen LogP contribution >= 0.6 is 0 Å². The Morgan fingerprint density at radius 1 is 0.875 bits per heavy atom. The monoisotopic (exact) mass is 444 g/mol. The molecule has 0 spiro atoms. The molecule has 1 atom stereocenters. The van der Waals surface area contributed by atoms with E-state index in [-0.39, 0.29) is 6.10 Å². The van der Waals surface area contributed by atoms with E-state index in [1.54, 1.807) is 3.59 Å². The van der Waals surface area contributed by atoms with Gasteiger partial charge >= 0.3 is 157 Å². The molecule has 0 rings (SSSR count). The first-order valence-corrected chi connectivity index (χ1v) is 18.1. The minimum atomic E-state index is -2.43. The molecule has 0 heterocycles. The van der Waals surface area contributed by atoms with E-state index in [9.17, 15) is 5.11 Å². The fourth-order valence-electron chi connectivity index (χ4n) is 3.90. The predicted octanol–water partition coefficient (Wildman–Crippen LogP) is 7.43. The zero-order chi connectivity index (χ0) is 18.3. The minimum absolute atomic E-state index is 0.183. The van der Waals surface area contributed by atoms with Gasteiger partial charge in [0, 0.05) is 0 Å². The van der Waals surface area contributed by atoms with Gasteiger partial charge in [-0.2, -0.15) is 0 Å². The molecule has 0 bridgehead atoms. The van der Waals surface area contributed by atoms with Gasteiger partial charge in [0.05, 0.1) is 0 Å². The quantitative estimate of drug-likeness (QED) is 0.206. The molecule has 0 radical (unpaired) electrons. The first-order chi connectivity index (χ1) is 11.6. The molecule has 0 fully saturated rings. The first-order valence-electron chi connectivity index (χ1n) is 10.6. The Morgan fingerprint density at radius 3 is 1.75 bits per heavy atom. The van der Waals surface area contributed by atoms with Gasteiger partial charge < -0.3 is 0 Å². The van der Waals surface area contributed by atoms with Crippen LogP contribution in [0.3, 0.4) is 0 Å². The van der Waals surface area contributed by atoms with Crippen LogP contribution in [0, 0.1) is 0 Å². The second-order valence-corrected chi connectivity index (χ2v) is 20.5. The third-order valence-electron chi connectivity index (χ3n) is 5.32. The zero-order valence-electron chi connectivity index (χ0n) is 17.2. The van der Waals surface area contributed by atoms with Crippen LogP contribution in [-0.4, -0.2) is 29.6 Å². The SMILES string of the molecule is C/C=[C](/C(O)CC/C=C\CC)[Sn]([CH2]CCC)([CH2]CCC)[CH2]CCC. The summed E-state index contributed by atoms with van der Waals surface area (Å²) >= 11 is -2.43. The number of rotatable bonds is 15. The molecule has 0 amide bonds. The number of hydrogen-bond acceptors (Lipinski definition) is 1. The summed E-state index contributed by atoms with van der Waals surface area (Å²) in [4.78, 5) is 0. The van der Waals surface area contributed by atoms with Gasteiger partial charge in [-0.15, -0.1) is 0 Å². The molecule has 142 valence electrons. The molecule has 0 aromatic heterocycles. The molecule has 1 unspecified atom stereocenters. The maximum absolute atomic E-state index is 11.0. The van der Waals surface area contributed by atoms with Gasteiger partial charge in [0.1, 0.15) is 0 Å². The molecule has 0 aromatic rings. The predicted molar refractivity (Wildman–Crippen MR) is 113 cm³/mol. The van der Waals surface area contributed by atoms with Gasteiger partial charge in [0.25, 0.3) is 0 Å². The van der Waals surface area contributed by atoms with Crippen molar-refractivity contribution < 1.29 is 5.11 Å². The molecule has 0 aromatic carbocycles. The van der Waals surface area contributed by atoms with Crippen molar-refractivity contribution in [2.75, 3.05) is 0 Å². The van der Waals surface area contributed by atoms with Gasteiger partial charge in [0.2, 0.25) is 0 Å². The summed E-state index contributed by atoms with van der Waals surface area (Å²) in [6.07, 6.45) is 17.6. The van der Waals surface area contributed by atoms with Crippen molar-refractivity contribution in [3.05, 3.63) is 21.8 Å². The van der Waals surface area contributed by atoms with Gasteiger partial charge in [0.15, 0.2) is 0 Å². The first kappa shape index (κ1) is 24.2. The Hall–Kier alpha value is 0.239. The zero-order valence-corrected chi connectivity index (χ0v) is 20.1. The summed E-state index contributed by atoms with van der Waals surface area (Å²) < 4.78 is 5.90. The van der Waals surface area contributed by atoms with Crippen LogP contribution in [0.1, 0.15) is 92.4 Å². The summed E-state index contributed by atoms with van der Waals surface area (Å²) in [5.74, 6) is 0. The van der Waals surface area contributed by atoms with Crippen molar-refractivity contribution in [2.24, 2.45) is 0 Å². The molecule has 1 nitrogen and oxygen atoms in total. The Kier molecular flexibility index (Phi) is 15.6. The molecule has 0 aliphatic rings. The van der Waals surface area contributed by atoms with Crippen LogP contribution in [0.15, 0.2) is 21.8 Å². The fraction of sp³-hybridized carbons (Fsp3) is 0.818. The molecular weight excluding hydrogens is 399 g/mol. The van der Waals surface area contributed by atoms with Crippen LogP contribution in [0.5, 0.6) is 0 Å². The average molecular weight is 443 g/mol. The number of unbranched alkanes of at least 4 members (excludes halogenated alkanes) is 3. The third-order valence-corrected chi connectivity index (χ3v) is 21.8. The maximum atomic E-state index is 11.0. The Labute approximate surface area is 156 Å². The standard InChI is InChI=1S/C10H17O.3C4H9.Sn/c1-3-5-6-7-9-10(11)8-4-2;3*1-3-4-2;/h4-6,10-11H,3,7,9H2,1-2H3;3*1,3-4H2,2H3;/b6-5-,8-4?;;;;. The van der Waals surface area contributed by atoms with E-state index in [2.05, 4.69) is 52.8 Å². The second-order valence-electron chi connectivity index (χ2n) is 7.31. The summed E-state index contributed by atoms with van der Waals surface area (Å²) in [5, 5.41) is 11.0. The summed E-state index contributed by atoms with van der Waals surface area (Å²) in [5.41, 5.74) is 0. The molecule has 0 aliphatic carbocycles. The van der Waals surface area contributed by atoms with Crippen molar-refractivity contribution in [2.45, 2.75) is 112 Å². The fourth-order valence-corrected chi connectivity index (χ4v) is 21.5. The van der Waals surface area contributed by atoms with E-state index in [4.69, 9.17) is 0 Å². The van der Waals surface area contributed by atoms with Crippen LogP contribution in [0.2, 0.25) is 13.3 Å². The number of allylic oxidation sites excluding steroid dienone is 3. The van der Waals surface area contributed by atoms with Crippen LogP contribution in [0.4, 0.5) is 0 Å². The topological polar surface area (TPSA) is 20.2 Å². The Morgan fingerprint density at radius 2 is 1.38 bits per heavy atom. The molecule has 1 N–H and O–H groups in total. The van der Waals surface area contributed by atoms with E-state index < -0.39 is 18.4 Å². The number of hydrogen-bond donors (Lipinski definition) is 1. The third kappa shape index (κ3) is 9.08.